The van der Waals surface area contributed by atoms with Gasteiger partial charge in [0.15, 0.2) is 0 Å². The molecule has 2 aliphatic rings. The monoisotopic (exact) mass is 406 g/mol. The number of nitrogens with two attached hydrogens (primary N) is 1. The summed E-state index contributed by atoms with van der Waals surface area (Å²) >= 11 is 3.53. The van der Waals surface area contributed by atoms with Gasteiger partial charge in [0, 0.05) is 23.1 Å². The third-order valence-corrected chi connectivity index (χ3v) is 5.43. The number of fused-ring (bicyclic) bond motifs is 1. The topological polar surface area (TPSA) is 80.3 Å². The van der Waals surface area contributed by atoms with E-state index in [1.54, 1.807) is 11.8 Å². The SMILES string of the molecule is CCOC(=O)N1CC2N=C(N)N=C(c3ccc(Br)cc3CC)C2(C)C1. The molecular weight excluding hydrogens is 384 g/mol. The van der Waals surface area contributed by atoms with Crippen molar-refractivity contribution < 1.29 is 9.53 Å². The quantitative estimate of drug-likeness (QED) is 0.837. The number of likely N-dealkylation sites (tertiary alicyclic amines) is 1. The summed E-state index contributed by atoms with van der Waals surface area (Å²) in [7, 11) is 0. The van der Waals surface area contributed by atoms with Gasteiger partial charge in [0.2, 0.25) is 5.96 Å². The third kappa shape index (κ3) is 3.17. The molecule has 2 unspecified atom stereocenters. The maximum Gasteiger partial charge on any atom is 0.409 e. The predicted molar refractivity (Wildman–Crippen MR) is 102 cm³/mol. The lowest BCUT2D eigenvalue weighted by Gasteiger charge is -2.33. The van der Waals surface area contributed by atoms with Crippen LogP contribution in [0.25, 0.3) is 0 Å². The van der Waals surface area contributed by atoms with Crippen LogP contribution in [-0.2, 0) is 11.2 Å². The van der Waals surface area contributed by atoms with E-state index in [2.05, 4.69) is 51.9 Å². The lowest BCUT2D eigenvalue weighted by atomic mass is 9.75. The largest absolute Gasteiger partial charge is 0.450 e. The molecule has 0 spiro atoms. The maximum absolute atomic E-state index is 12.2. The first-order valence-corrected chi connectivity index (χ1v) is 9.31. The number of halogens is 1. The second-order valence-electron chi connectivity index (χ2n) is 6.62. The van der Waals surface area contributed by atoms with E-state index in [-0.39, 0.29) is 23.5 Å². The fourth-order valence-corrected chi connectivity index (χ4v) is 4.04. The van der Waals surface area contributed by atoms with Crippen molar-refractivity contribution >= 4 is 33.7 Å². The van der Waals surface area contributed by atoms with Gasteiger partial charge in [-0.05, 0) is 31.0 Å². The molecule has 25 heavy (non-hydrogen) atoms. The van der Waals surface area contributed by atoms with Crippen LogP contribution in [0, 0.1) is 5.41 Å². The summed E-state index contributed by atoms with van der Waals surface area (Å²) in [5.74, 6) is 0.271. The van der Waals surface area contributed by atoms with Gasteiger partial charge in [-0.1, -0.05) is 35.8 Å². The van der Waals surface area contributed by atoms with Crippen molar-refractivity contribution in [1.29, 1.82) is 0 Å². The molecular formula is C18H23BrN4O2. The van der Waals surface area contributed by atoms with Crippen LogP contribution in [0.1, 0.15) is 31.9 Å². The van der Waals surface area contributed by atoms with Gasteiger partial charge in [-0.3, -0.25) is 0 Å². The van der Waals surface area contributed by atoms with Gasteiger partial charge < -0.3 is 15.4 Å². The van der Waals surface area contributed by atoms with Crippen molar-refractivity contribution in [3.8, 4) is 0 Å². The van der Waals surface area contributed by atoms with Crippen molar-refractivity contribution in [2.45, 2.75) is 33.2 Å². The number of benzene rings is 1. The molecule has 0 aromatic heterocycles. The molecule has 1 saturated heterocycles. The molecule has 2 aliphatic heterocycles. The minimum atomic E-state index is -0.382. The van der Waals surface area contributed by atoms with E-state index in [1.807, 2.05) is 6.07 Å². The molecule has 1 fully saturated rings. The van der Waals surface area contributed by atoms with Crippen LogP contribution in [0.4, 0.5) is 4.79 Å². The van der Waals surface area contributed by atoms with Crippen LogP contribution < -0.4 is 5.73 Å². The summed E-state index contributed by atoms with van der Waals surface area (Å²) in [6, 6.07) is 6.07. The fourth-order valence-electron chi connectivity index (χ4n) is 3.63. The van der Waals surface area contributed by atoms with E-state index in [9.17, 15) is 4.79 Å². The Morgan fingerprint density at radius 1 is 1.48 bits per heavy atom. The second kappa shape index (κ2) is 6.78. The molecule has 7 heteroatoms. The van der Waals surface area contributed by atoms with Crippen molar-refractivity contribution in [2.24, 2.45) is 21.1 Å². The second-order valence-corrected chi connectivity index (χ2v) is 7.53. The molecule has 1 aromatic carbocycles. The number of rotatable bonds is 3. The Hall–Kier alpha value is -1.89. The maximum atomic E-state index is 12.2. The number of amides is 1. The highest BCUT2D eigenvalue weighted by atomic mass is 79.9. The zero-order chi connectivity index (χ0) is 18.2. The Bertz CT molecular complexity index is 761. The van der Waals surface area contributed by atoms with Gasteiger partial charge in [-0.15, -0.1) is 0 Å². The number of nitrogens with zero attached hydrogens (tertiary/aromatic N) is 3. The zero-order valence-electron chi connectivity index (χ0n) is 14.8. The van der Waals surface area contributed by atoms with Gasteiger partial charge in [-0.2, -0.15) is 0 Å². The third-order valence-electron chi connectivity index (χ3n) is 4.93. The van der Waals surface area contributed by atoms with Crippen molar-refractivity contribution in [3.05, 3.63) is 33.8 Å². The normalized spacial score (nSPS) is 25.3. The summed E-state index contributed by atoms with van der Waals surface area (Å²) in [5, 5.41) is 0. The summed E-state index contributed by atoms with van der Waals surface area (Å²) in [5.41, 5.74) is 8.78. The number of guanidine groups is 1. The highest BCUT2D eigenvalue weighted by Crippen LogP contribution is 2.40. The van der Waals surface area contributed by atoms with Crippen LogP contribution in [-0.4, -0.2) is 48.4 Å². The Labute approximate surface area is 156 Å². The number of hydrogen-bond acceptors (Lipinski definition) is 5. The Morgan fingerprint density at radius 3 is 2.92 bits per heavy atom. The minimum absolute atomic E-state index is 0.113. The zero-order valence-corrected chi connectivity index (χ0v) is 16.3. The van der Waals surface area contributed by atoms with Gasteiger partial charge in [0.1, 0.15) is 0 Å². The molecule has 3 rings (SSSR count). The number of carbonyl (C=O) groups is 1. The number of aliphatic imine (C=N–C) groups is 2. The summed E-state index contributed by atoms with van der Waals surface area (Å²) in [6.07, 6.45) is 0.574. The van der Waals surface area contributed by atoms with Crippen molar-refractivity contribution in [3.63, 3.8) is 0 Å². The molecule has 2 heterocycles. The minimum Gasteiger partial charge on any atom is -0.450 e. The van der Waals surface area contributed by atoms with Crippen molar-refractivity contribution in [2.75, 3.05) is 19.7 Å². The van der Waals surface area contributed by atoms with Crippen LogP contribution in [0.2, 0.25) is 0 Å². The molecule has 0 aliphatic carbocycles. The molecule has 0 saturated carbocycles. The standard InChI is InChI=1S/C18H23BrN4O2/c1-4-11-8-12(19)6-7-13(11)15-18(3)10-23(17(24)25-5-2)9-14(18)21-16(20)22-15/h6-8,14H,4-5,9-10H2,1-3H3,(H2,20,21). The highest BCUT2D eigenvalue weighted by molar-refractivity contribution is 9.10. The first-order valence-electron chi connectivity index (χ1n) is 8.52. The molecule has 2 atom stereocenters. The van der Waals surface area contributed by atoms with E-state index < -0.39 is 0 Å². The molecule has 1 amide bonds. The van der Waals surface area contributed by atoms with E-state index in [0.29, 0.717) is 19.7 Å². The van der Waals surface area contributed by atoms with Crippen LogP contribution in [0.5, 0.6) is 0 Å². The number of ether oxygens (including phenoxy) is 1. The van der Waals surface area contributed by atoms with E-state index in [4.69, 9.17) is 10.5 Å². The van der Waals surface area contributed by atoms with Crippen molar-refractivity contribution in [1.82, 2.24) is 4.90 Å². The van der Waals surface area contributed by atoms with Crippen LogP contribution in [0.15, 0.2) is 32.7 Å². The summed E-state index contributed by atoms with van der Waals surface area (Å²) in [6.45, 7) is 7.40. The number of aryl methyl sites for hydroxylation is 1. The first kappa shape index (κ1) is 17.9. The summed E-state index contributed by atoms with van der Waals surface area (Å²) in [4.78, 5) is 23.0. The molecule has 1 aromatic rings. The molecule has 0 bridgehead atoms. The van der Waals surface area contributed by atoms with Gasteiger partial charge >= 0.3 is 6.09 Å². The summed E-state index contributed by atoms with van der Waals surface area (Å²) < 4.78 is 6.20. The number of carbonyl (C=O) groups excluding carboxylic acids is 1. The van der Waals surface area contributed by atoms with E-state index >= 15 is 0 Å². The van der Waals surface area contributed by atoms with Gasteiger partial charge in [0.05, 0.1) is 23.8 Å². The lowest BCUT2D eigenvalue weighted by molar-refractivity contribution is 0.113. The lowest BCUT2D eigenvalue weighted by Crippen LogP contribution is -2.44. The Balaban J connectivity index is 2.03. The molecule has 134 valence electrons. The molecule has 0 radical (unpaired) electrons. The highest BCUT2D eigenvalue weighted by Gasteiger charge is 2.51. The number of hydrogen-bond donors (Lipinski definition) is 1. The average molecular weight is 407 g/mol. The average Bonchev–Trinajstić information content (AvgIpc) is 2.92. The first-order chi connectivity index (χ1) is 11.9. The van der Waals surface area contributed by atoms with Crippen LogP contribution >= 0.6 is 15.9 Å². The van der Waals surface area contributed by atoms with E-state index in [0.717, 1.165) is 22.2 Å². The fraction of sp³-hybridized carbons (Fsp3) is 0.500. The van der Waals surface area contributed by atoms with Crippen LogP contribution in [0.3, 0.4) is 0 Å². The van der Waals surface area contributed by atoms with Gasteiger partial charge in [-0.25, -0.2) is 14.8 Å². The Morgan fingerprint density at radius 2 is 2.24 bits per heavy atom. The Kier molecular flexibility index (Phi) is 4.86. The smallest absolute Gasteiger partial charge is 0.409 e. The predicted octanol–water partition coefficient (Wildman–Crippen LogP) is 2.98. The molecule has 2 N–H and O–H groups in total. The molecule has 6 nitrogen and oxygen atoms in total. The van der Waals surface area contributed by atoms with Gasteiger partial charge in [0.25, 0.3) is 0 Å². The van der Waals surface area contributed by atoms with E-state index in [1.165, 1.54) is 5.56 Å².